The lowest BCUT2D eigenvalue weighted by atomic mass is 9.89. The molecule has 0 aromatic heterocycles. The van der Waals surface area contributed by atoms with Crippen LogP contribution in [0.4, 0.5) is 0 Å². The highest BCUT2D eigenvalue weighted by Gasteiger charge is 2.16. The fraction of sp³-hybridized carbons (Fsp3) is 0.280. The van der Waals surface area contributed by atoms with Crippen molar-refractivity contribution in [2.24, 2.45) is 0 Å². The van der Waals surface area contributed by atoms with E-state index in [4.69, 9.17) is 9.47 Å². The van der Waals surface area contributed by atoms with Gasteiger partial charge in [-0.3, -0.25) is 0 Å². The van der Waals surface area contributed by atoms with E-state index in [0.29, 0.717) is 0 Å². The molecule has 0 saturated heterocycles. The van der Waals surface area contributed by atoms with E-state index in [2.05, 4.69) is 79.8 Å². The van der Waals surface area contributed by atoms with Gasteiger partial charge in [-0.15, -0.1) is 0 Å². The van der Waals surface area contributed by atoms with Crippen molar-refractivity contribution in [1.82, 2.24) is 5.32 Å². The summed E-state index contributed by atoms with van der Waals surface area (Å²) < 4.78 is 10.9. The van der Waals surface area contributed by atoms with Crippen LogP contribution in [0, 0.1) is 13.8 Å². The number of rotatable bonds is 8. The summed E-state index contributed by atoms with van der Waals surface area (Å²) in [5.41, 5.74) is 6.15. The first-order valence-electron chi connectivity index (χ1n) is 9.66. The van der Waals surface area contributed by atoms with Crippen molar-refractivity contribution in [3.63, 3.8) is 0 Å². The van der Waals surface area contributed by atoms with E-state index < -0.39 is 0 Å². The van der Waals surface area contributed by atoms with Crippen molar-refractivity contribution >= 4 is 0 Å². The Balaban J connectivity index is 1.87. The van der Waals surface area contributed by atoms with Crippen LogP contribution in [-0.4, -0.2) is 20.8 Å². The molecule has 0 aliphatic rings. The Kier molecular flexibility index (Phi) is 6.72. The van der Waals surface area contributed by atoms with Crippen molar-refractivity contribution in [3.8, 4) is 11.5 Å². The zero-order chi connectivity index (χ0) is 19.9. The Morgan fingerprint density at radius 3 is 1.75 bits per heavy atom. The molecule has 0 saturated carbocycles. The van der Waals surface area contributed by atoms with Crippen LogP contribution in [0.5, 0.6) is 11.5 Å². The van der Waals surface area contributed by atoms with E-state index in [9.17, 15) is 0 Å². The van der Waals surface area contributed by atoms with E-state index >= 15 is 0 Å². The van der Waals surface area contributed by atoms with Crippen LogP contribution in [-0.2, 0) is 6.54 Å². The quantitative estimate of drug-likeness (QED) is 0.584. The highest BCUT2D eigenvalue weighted by atomic mass is 16.5. The van der Waals surface area contributed by atoms with E-state index in [-0.39, 0.29) is 5.92 Å². The lowest BCUT2D eigenvalue weighted by molar-refractivity contribution is 0.411. The van der Waals surface area contributed by atoms with Crippen LogP contribution >= 0.6 is 0 Å². The molecule has 0 aliphatic carbocycles. The molecular formula is C25H29NO2. The Bertz CT molecular complexity index is 852. The predicted molar refractivity (Wildman–Crippen MR) is 115 cm³/mol. The average molecular weight is 376 g/mol. The van der Waals surface area contributed by atoms with Crippen LogP contribution in [0.2, 0.25) is 0 Å². The number of benzene rings is 3. The molecule has 3 aromatic rings. The molecule has 3 rings (SSSR count). The standard InChI is InChI=1S/C25H29NO2/c1-18-14-21(10-12-24(18)27-3)23(17-26-16-20-8-6-5-7-9-20)22-11-13-25(28-4)19(2)15-22/h5-15,23,26H,16-17H2,1-4H3. The first-order valence-corrected chi connectivity index (χ1v) is 9.66. The number of aryl methyl sites for hydroxylation is 2. The van der Waals surface area contributed by atoms with Gasteiger partial charge in [-0.05, 0) is 53.8 Å². The lowest BCUT2D eigenvalue weighted by Gasteiger charge is -2.21. The molecule has 0 aliphatic heterocycles. The van der Waals surface area contributed by atoms with Crippen molar-refractivity contribution < 1.29 is 9.47 Å². The summed E-state index contributed by atoms with van der Waals surface area (Å²) in [6.45, 7) is 5.89. The summed E-state index contributed by atoms with van der Waals surface area (Å²) in [5, 5.41) is 3.63. The summed E-state index contributed by atoms with van der Waals surface area (Å²) in [6, 6.07) is 23.4. The Morgan fingerprint density at radius 2 is 1.29 bits per heavy atom. The second-order valence-corrected chi connectivity index (χ2v) is 7.13. The smallest absolute Gasteiger partial charge is 0.121 e. The molecule has 0 unspecified atom stereocenters. The average Bonchev–Trinajstić information content (AvgIpc) is 2.72. The SMILES string of the molecule is COc1ccc(C(CNCc2ccccc2)c2ccc(OC)c(C)c2)cc1C. The maximum Gasteiger partial charge on any atom is 0.121 e. The van der Waals surface area contributed by atoms with Gasteiger partial charge in [-0.25, -0.2) is 0 Å². The summed E-state index contributed by atoms with van der Waals surface area (Å²) in [6.07, 6.45) is 0. The maximum atomic E-state index is 5.44. The largest absolute Gasteiger partial charge is 0.496 e. The van der Waals surface area contributed by atoms with Crippen LogP contribution in [0.1, 0.15) is 33.7 Å². The lowest BCUT2D eigenvalue weighted by Crippen LogP contribution is -2.22. The normalized spacial score (nSPS) is 10.9. The number of nitrogens with one attached hydrogen (secondary N) is 1. The summed E-state index contributed by atoms with van der Waals surface area (Å²) >= 11 is 0. The first kappa shape index (κ1) is 20.0. The Hall–Kier alpha value is -2.78. The van der Waals surface area contributed by atoms with Crippen molar-refractivity contribution in [1.29, 1.82) is 0 Å². The van der Waals surface area contributed by atoms with Gasteiger partial charge in [-0.2, -0.15) is 0 Å². The van der Waals surface area contributed by atoms with Gasteiger partial charge in [0.1, 0.15) is 11.5 Å². The molecule has 0 heterocycles. The zero-order valence-electron chi connectivity index (χ0n) is 17.2. The fourth-order valence-corrected chi connectivity index (χ4v) is 3.62. The van der Waals surface area contributed by atoms with E-state index in [1.807, 2.05) is 6.07 Å². The minimum atomic E-state index is 0.248. The molecule has 3 aromatic carbocycles. The van der Waals surface area contributed by atoms with Crippen molar-refractivity contribution in [2.45, 2.75) is 26.3 Å². The van der Waals surface area contributed by atoms with Gasteiger partial charge in [0.25, 0.3) is 0 Å². The van der Waals surface area contributed by atoms with Crippen LogP contribution < -0.4 is 14.8 Å². The van der Waals surface area contributed by atoms with Gasteiger partial charge < -0.3 is 14.8 Å². The third-order valence-electron chi connectivity index (χ3n) is 5.16. The first-order chi connectivity index (χ1) is 13.6. The molecule has 0 fully saturated rings. The van der Waals surface area contributed by atoms with Gasteiger partial charge in [0.2, 0.25) is 0 Å². The van der Waals surface area contributed by atoms with E-state index in [1.165, 1.54) is 16.7 Å². The molecule has 3 nitrogen and oxygen atoms in total. The van der Waals surface area contributed by atoms with Gasteiger partial charge >= 0.3 is 0 Å². The minimum absolute atomic E-state index is 0.248. The monoisotopic (exact) mass is 375 g/mol. The Morgan fingerprint density at radius 1 is 0.750 bits per heavy atom. The minimum Gasteiger partial charge on any atom is -0.496 e. The van der Waals surface area contributed by atoms with Gasteiger partial charge in [-0.1, -0.05) is 54.6 Å². The Labute approximate surface area is 168 Å². The second-order valence-electron chi connectivity index (χ2n) is 7.13. The molecule has 0 spiro atoms. The van der Waals surface area contributed by atoms with Crippen molar-refractivity contribution in [3.05, 3.63) is 94.5 Å². The zero-order valence-corrected chi connectivity index (χ0v) is 17.2. The number of hydrogen-bond acceptors (Lipinski definition) is 3. The molecule has 1 N–H and O–H groups in total. The van der Waals surface area contributed by atoms with Crippen molar-refractivity contribution in [2.75, 3.05) is 20.8 Å². The molecule has 0 radical (unpaired) electrons. The van der Waals surface area contributed by atoms with Crippen LogP contribution in [0.25, 0.3) is 0 Å². The number of ether oxygens (including phenoxy) is 2. The highest BCUT2D eigenvalue weighted by Crippen LogP contribution is 2.31. The molecule has 28 heavy (non-hydrogen) atoms. The molecule has 146 valence electrons. The molecule has 0 bridgehead atoms. The predicted octanol–water partition coefficient (Wildman–Crippen LogP) is 5.24. The number of methoxy groups -OCH3 is 2. The second kappa shape index (κ2) is 9.43. The molecule has 0 amide bonds. The van der Waals surface area contributed by atoms with Crippen LogP contribution in [0.3, 0.4) is 0 Å². The van der Waals surface area contributed by atoms with Gasteiger partial charge in [0, 0.05) is 19.0 Å². The molecular weight excluding hydrogens is 346 g/mol. The fourth-order valence-electron chi connectivity index (χ4n) is 3.62. The third-order valence-corrected chi connectivity index (χ3v) is 5.16. The van der Waals surface area contributed by atoms with Gasteiger partial charge in [0.15, 0.2) is 0 Å². The summed E-state index contributed by atoms with van der Waals surface area (Å²) in [4.78, 5) is 0. The third kappa shape index (κ3) is 4.73. The topological polar surface area (TPSA) is 30.5 Å². The summed E-state index contributed by atoms with van der Waals surface area (Å²) in [7, 11) is 3.43. The molecule has 3 heteroatoms. The maximum absolute atomic E-state index is 5.44. The number of hydrogen-bond donors (Lipinski definition) is 1. The molecule has 0 atom stereocenters. The van der Waals surface area contributed by atoms with Gasteiger partial charge in [0.05, 0.1) is 14.2 Å². The summed E-state index contributed by atoms with van der Waals surface area (Å²) in [5.74, 6) is 2.09. The van der Waals surface area contributed by atoms with E-state index in [0.717, 1.165) is 35.7 Å². The van der Waals surface area contributed by atoms with Crippen LogP contribution in [0.15, 0.2) is 66.7 Å². The highest BCUT2D eigenvalue weighted by molar-refractivity contribution is 5.44. The van der Waals surface area contributed by atoms with E-state index in [1.54, 1.807) is 14.2 Å².